The number of carbonyl (C=O) groups is 2. The molecule has 1 N–H and O–H groups in total. The van der Waals surface area contributed by atoms with Crippen molar-refractivity contribution >= 4 is 28.3 Å². The molecule has 0 unspecified atom stereocenters. The van der Waals surface area contributed by atoms with Crippen LogP contribution in [0.4, 0.5) is 5.13 Å². The molecule has 104 valence electrons. The average molecular weight is 281 g/mol. The first kappa shape index (κ1) is 14.0. The highest BCUT2D eigenvalue weighted by atomic mass is 32.1. The predicted octanol–water partition coefficient (Wildman–Crippen LogP) is 2.36. The lowest BCUT2D eigenvalue weighted by atomic mass is 10.1. The van der Waals surface area contributed by atoms with E-state index in [1.54, 1.807) is 5.38 Å². The lowest BCUT2D eigenvalue weighted by molar-refractivity contribution is -0.116. The quantitative estimate of drug-likeness (QED) is 0.921. The standard InChI is InChI=1S/C13H19N3O2S/c1-9(2)7-11(17)15-13-14-10(8-19-13)12(18)16-5-3-4-6-16/h8-9H,3-7H2,1-2H3,(H,14,15,17). The molecule has 1 saturated heterocycles. The van der Waals surface area contributed by atoms with Crippen molar-refractivity contribution in [2.75, 3.05) is 18.4 Å². The smallest absolute Gasteiger partial charge is 0.273 e. The fraction of sp³-hybridized carbons (Fsp3) is 0.615. The Morgan fingerprint density at radius 3 is 2.74 bits per heavy atom. The van der Waals surface area contributed by atoms with Gasteiger partial charge in [0.1, 0.15) is 5.69 Å². The Labute approximate surface area is 117 Å². The molecule has 0 spiro atoms. The maximum atomic E-state index is 12.1. The van der Waals surface area contributed by atoms with Crippen LogP contribution in [-0.4, -0.2) is 34.8 Å². The Morgan fingerprint density at radius 1 is 1.42 bits per heavy atom. The molecule has 1 aliphatic heterocycles. The molecule has 19 heavy (non-hydrogen) atoms. The number of thiazole rings is 1. The molecular weight excluding hydrogens is 262 g/mol. The molecule has 0 bridgehead atoms. The van der Waals surface area contributed by atoms with Crippen LogP contribution in [-0.2, 0) is 4.79 Å². The lowest BCUT2D eigenvalue weighted by Gasteiger charge is -2.12. The molecule has 2 amide bonds. The molecule has 2 rings (SSSR count). The maximum absolute atomic E-state index is 12.1. The molecule has 0 aliphatic carbocycles. The molecule has 0 saturated carbocycles. The second-order valence-electron chi connectivity index (χ2n) is 5.18. The van der Waals surface area contributed by atoms with Crippen molar-refractivity contribution in [1.29, 1.82) is 0 Å². The number of likely N-dealkylation sites (tertiary alicyclic amines) is 1. The van der Waals surface area contributed by atoms with E-state index in [0.29, 0.717) is 23.2 Å². The van der Waals surface area contributed by atoms with Gasteiger partial charge in [0.2, 0.25) is 5.91 Å². The van der Waals surface area contributed by atoms with Crippen LogP contribution in [0.25, 0.3) is 0 Å². The molecule has 1 aliphatic rings. The number of rotatable bonds is 4. The number of hydrogen-bond acceptors (Lipinski definition) is 4. The summed E-state index contributed by atoms with van der Waals surface area (Å²) in [6, 6.07) is 0. The minimum atomic E-state index is -0.0514. The van der Waals surface area contributed by atoms with Crippen LogP contribution >= 0.6 is 11.3 Å². The highest BCUT2D eigenvalue weighted by molar-refractivity contribution is 7.14. The van der Waals surface area contributed by atoms with Crippen molar-refractivity contribution in [1.82, 2.24) is 9.88 Å². The molecule has 1 aromatic heterocycles. The van der Waals surface area contributed by atoms with Crippen LogP contribution in [0, 0.1) is 5.92 Å². The van der Waals surface area contributed by atoms with Gasteiger partial charge in [-0.3, -0.25) is 9.59 Å². The molecule has 0 atom stereocenters. The summed E-state index contributed by atoms with van der Waals surface area (Å²) in [5, 5.41) is 4.96. The third-order valence-electron chi connectivity index (χ3n) is 2.96. The van der Waals surface area contributed by atoms with Gasteiger partial charge in [0, 0.05) is 24.9 Å². The van der Waals surface area contributed by atoms with Crippen molar-refractivity contribution in [3.05, 3.63) is 11.1 Å². The van der Waals surface area contributed by atoms with Gasteiger partial charge in [-0.25, -0.2) is 4.98 Å². The van der Waals surface area contributed by atoms with Crippen molar-refractivity contribution in [3.8, 4) is 0 Å². The normalized spacial score (nSPS) is 15.0. The highest BCUT2D eigenvalue weighted by Crippen LogP contribution is 2.19. The number of carbonyl (C=O) groups excluding carboxylic acids is 2. The second-order valence-corrected chi connectivity index (χ2v) is 6.04. The molecule has 1 fully saturated rings. The number of nitrogens with zero attached hydrogens (tertiary/aromatic N) is 2. The van der Waals surface area contributed by atoms with E-state index in [4.69, 9.17) is 0 Å². The van der Waals surface area contributed by atoms with Crippen LogP contribution in [0.3, 0.4) is 0 Å². The highest BCUT2D eigenvalue weighted by Gasteiger charge is 2.22. The zero-order valence-corrected chi connectivity index (χ0v) is 12.1. The van der Waals surface area contributed by atoms with E-state index in [1.807, 2.05) is 18.7 Å². The number of anilines is 1. The molecule has 6 heteroatoms. The lowest BCUT2D eigenvalue weighted by Crippen LogP contribution is -2.27. The van der Waals surface area contributed by atoms with E-state index >= 15 is 0 Å². The Balaban J connectivity index is 1.94. The molecule has 0 radical (unpaired) electrons. The number of nitrogens with one attached hydrogen (secondary N) is 1. The first-order chi connectivity index (χ1) is 9.06. The van der Waals surface area contributed by atoms with Gasteiger partial charge >= 0.3 is 0 Å². The van der Waals surface area contributed by atoms with E-state index in [9.17, 15) is 9.59 Å². The monoisotopic (exact) mass is 281 g/mol. The van der Waals surface area contributed by atoms with E-state index in [0.717, 1.165) is 25.9 Å². The Bertz CT molecular complexity index is 464. The number of hydrogen-bond donors (Lipinski definition) is 1. The van der Waals surface area contributed by atoms with Crippen molar-refractivity contribution in [2.45, 2.75) is 33.1 Å². The van der Waals surface area contributed by atoms with Crippen LogP contribution in [0.2, 0.25) is 0 Å². The minimum Gasteiger partial charge on any atom is -0.337 e. The van der Waals surface area contributed by atoms with Crippen molar-refractivity contribution in [3.63, 3.8) is 0 Å². The maximum Gasteiger partial charge on any atom is 0.273 e. The molecular formula is C13H19N3O2S. The fourth-order valence-corrected chi connectivity index (χ4v) is 2.75. The van der Waals surface area contributed by atoms with E-state index in [1.165, 1.54) is 11.3 Å². The zero-order chi connectivity index (χ0) is 13.8. The number of amides is 2. The predicted molar refractivity (Wildman–Crippen MR) is 75.3 cm³/mol. The van der Waals surface area contributed by atoms with E-state index < -0.39 is 0 Å². The Kier molecular flexibility index (Phi) is 4.52. The summed E-state index contributed by atoms with van der Waals surface area (Å²) in [5.74, 6) is 0.230. The van der Waals surface area contributed by atoms with Gasteiger partial charge in [-0.15, -0.1) is 11.3 Å². The van der Waals surface area contributed by atoms with Crippen LogP contribution in [0.5, 0.6) is 0 Å². The minimum absolute atomic E-state index is 0.0295. The van der Waals surface area contributed by atoms with Gasteiger partial charge in [0.15, 0.2) is 5.13 Å². The summed E-state index contributed by atoms with van der Waals surface area (Å²) in [6.07, 6.45) is 2.59. The molecule has 5 nitrogen and oxygen atoms in total. The fourth-order valence-electron chi connectivity index (χ4n) is 2.05. The second kappa shape index (κ2) is 6.14. The van der Waals surface area contributed by atoms with Gasteiger partial charge in [-0.1, -0.05) is 13.8 Å². The van der Waals surface area contributed by atoms with Crippen molar-refractivity contribution in [2.24, 2.45) is 5.92 Å². The average Bonchev–Trinajstić information content (AvgIpc) is 2.96. The summed E-state index contributed by atoms with van der Waals surface area (Å²) >= 11 is 1.30. The van der Waals surface area contributed by atoms with Crippen LogP contribution < -0.4 is 5.32 Å². The van der Waals surface area contributed by atoms with Crippen LogP contribution in [0.15, 0.2) is 5.38 Å². The SMILES string of the molecule is CC(C)CC(=O)Nc1nc(C(=O)N2CCCC2)cs1. The van der Waals surface area contributed by atoms with Gasteiger partial charge in [0.05, 0.1) is 0 Å². The number of aromatic nitrogens is 1. The third kappa shape index (κ3) is 3.76. The summed E-state index contributed by atoms with van der Waals surface area (Å²) < 4.78 is 0. The van der Waals surface area contributed by atoms with Crippen molar-refractivity contribution < 1.29 is 9.59 Å². The molecule has 1 aromatic rings. The van der Waals surface area contributed by atoms with Gasteiger partial charge in [-0.05, 0) is 18.8 Å². The van der Waals surface area contributed by atoms with Gasteiger partial charge in [-0.2, -0.15) is 0 Å². The Hall–Kier alpha value is -1.43. The van der Waals surface area contributed by atoms with Gasteiger partial charge in [0.25, 0.3) is 5.91 Å². The Morgan fingerprint density at radius 2 is 2.11 bits per heavy atom. The zero-order valence-electron chi connectivity index (χ0n) is 11.3. The first-order valence-electron chi connectivity index (χ1n) is 6.61. The molecule has 2 heterocycles. The summed E-state index contributed by atoms with van der Waals surface area (Å²) in [7, 11) is 0. The van der Waals surface area contributed by atoms with E-state index in [-0.39, 0.29) is 11.8 Å². The van der Waals surface area contributed by atoms with Gasteiger partial charge < -0.3 is 10.2 Å². The largest absolute Gasteiger partial charge is 0.337 e. The first-order valence-corrected chi connectivity index (χ1v) is 7.49. The van der Waals surface area contributed by atoms with Crippen LogP contribution in [0.1, 0.15) is 43.6 Å². The topological polar surface area (TPSA) is 62.3 Å². The third-order valence-corrected chi connectivity index (χ3v) is 3.71. The summed E-state index contributed by atoms with van der Waals surface area (Å²) in [5.41, 5.74) is 0.437. The van der Waals surface area contributed by atoms with E-state index in [2.05, 4.69) is 10.3 Å². The molecule has 0 aromatic carbocycles. The summed E-state index contributed by atoms with van der Waals surface area (Å²) in [6.45, 7) is 5.60. The summed E-state index contributed by atoms with van der Waals surface area (Å²) in [4.78, 5) is 29.7.